The topological polar surface area (TPSA) is 97.9 Å². The second-order valence-corrected chi connectivity index (χ2v) is 7.56. The number of aromatic carboxylic acids is 1. The summed E-state index contributed by atoms with van der Waals surface area (Å²) in [5.74, 6) is 0.348. The lowest BCUT2D eigenvalue weighted by Crippen LogP contribution is -2.25. The molecule has 3 rings (SSSR count). The summed E-state index contributed by atoms with van der Waals surface area (Å²) < 4.78 is 16.5. The number of aromatic nitrogens is 1. The Morgan fingerprint density at radius 3 is 2.59 bits per heavy atom. The molecule has 0 aliphatic heterocycles. The van der Waals surface area contributed by atoms with E-state index < -0.39 is 11.5 Å². The van der Waals surface area contributed by atoms with Gasteiger partial charge in [0, 0.05) is 25.7 Å². The van der Waals surface area contributed by atoms with Crippen LogP contribution in [-0.4, -0.2) is 43.5 Å². The number of hydrogen-bond acceptors (Lipinski definition) is 5. The van der Waals surface area contributed by atoms with Crippen molar-refractivity contribution in [3.63, 3.8) is 0 Å². The third kappa shape index (κ3) is 4.15. The van der Waals surface area contributed by atoms with Crippen LogP contribution in [0.2, 0.25) is 0 Å². The highest BCUT2D eigenvalue weighted by molar-refractivity contribution is 5.88. The Morgan fingerprint density at radius 1 is 1.21 bits per heavy atom. The van der Waals surface area contributed by atoms with Gasteiger partial charge in [-0.05, 0) is 47.6 Å². The van der Waals surface area contributed by atoms with Crippen molar-refractivity contribution >= 4 is 5.97 Å². The van der Waals surface area contributed by atoms with Crippen LogP contribution in [0.5, 0.6) is 11.5 Å². The summed E-state index contributed by atoms with van der Waals surface area (Å²) in [5, 5.41) is 9.36. The Labute approximate surface area is 169 Å². The molecule has 1 unspecified atom stereocenters. The third-order valence-electron chi connectivity index (χ3n) is 5.36. The molecule has 1 aliphatic carbocycles. The normalized spacial score (nSPS) is 15.0. The number of carboxylic acid groups (broad SMARTS) is 1. The van der Waals surface area contributed by atoms with Gasteiger partial charge in [-0.2, -0.15) is 0 Å². The first-order valence-corrected chi connectivity index (χ1v) is 9.70. The zero-order valence-electron chi connectivity index (χ0n) is 17.2. The highest BCUT2D eigenvalue weighted by Crippen LogP contribution is 2.45. The molecule has 0 spiro atoms. The maximum atomic E-state index is 12.3. The third-order valence-corrected chi connectivity index (χ3v) is 5.36. The van der Waals surface area contributed by atoms with Crippen molar-refractivity contribution in [2.75, 3.05) is 27.4 Å². The van der Waals surface area contributed by atoms with Crippen LogP contribution < -0.4 is 15.0 Å². The monoisotopic (exact) mass is 401 g/mol. The smallest absolute Gasteiger partial charge is 0.341 e. The quantitative estimate of drug-likeness (QED) is 0.658. The second kappa shape index (κ2) is 8.69. The molecule has 1 aliphatic rings. The molecule has 7 heteroatoms. The molecule has 0 saturated carbocycles. The fourth-order valence-electron chi connectivity index (χ4n) is 3.82. The summed E-state index contributed by atoms with van der Waals surface area (Å²) in [6.07, 6.45) is 1.49. The number of methoxy groups -OCH3 is 2. The van der Waals surface area contributed by atoms with Gasteiger partial charge in [-0.3, -0.25) is 4.79 Å². The number of rotatable bonds is 8. The Balaban J connectivity index is 2.10. The summed E-state index contributed by atoms with van der Waals surface area (Å²) >= 11 is 0. The number of carbonyl (C=O) groups is 1. The molecule has 0 fully saturated rings. The minimum atomic E-state index is -1.22. The molecule has 7 nitrogen and oxygen atoms in total. The van der Waals surface area contributed by atoms with E-state index in [1.807, 2.05) is 12.1 Å². The number of fused-ring (bicyclic) bond motifs is 3. The van der Waals surface area contributed by atoms with Gasteiger partial charge >= 0.3 is 5.97 Å². The van der Waals surface area contributed by atoms with Crippen LogP contribution in [0.25, 0.3) is 11.3 Å². The lowest BCUT2D eigenvalue weighted by atomic mass is 9.75. The van der Waals surface area contributed by atoms with Crippen LogP contribution in [0.4, 0.5) is 0 Å². The summed E-state index contributed by atoms with van der Waals surface area (Å²) in [7, 11) is 3.22. The molecule has 29 heavy (non-hydrogen) atoms. The second-order valence-electron chi connectivity index (χ2n) is 7.56. The van der Waals surface area contributed by atoms with Crippen LogP contribution in [0.15, 0.2) is 23.0 Å². The van der Waals surface area contributed by atoms with Crippen LogP contribution in [0.1, 0.15) is 47.7 Å². The molecule has 1 aromatic heterocycles. The van der Waals surface area contributed by atoms with E-state index in [1.165, 1.54) is 6.07 Å². The number of carboxylic acids is 1. The molecule has 1 heterocycles. The van der Waals surface area contributed by atoms with Gasteiger partial charge in [-0.25, -0.2) is 4.79 Å². The van der Waals surface area contributed by atoms with Crippen LogP contribution in [0.3, 0.4) is 0 Å². The first kappa shape index (κ1) is 20.9. The lowest BCUT2D eigenvalue weighted by Gasteiger charge is -2.31. The Kier molecular flexibility index (Phi) is 6.27. The van der Waals surface area contributed by atoms with E-state index >= 15 is 0 Å². The van der Waals surface area contributed by atoms with Gasteiger partial charge in [0.25, 0.3) is 5.56 Å². The van der Waals surface area contributed by atoms with E-state index in [1.54, 1.807) is 14.2 Å². The number of aromatic amines is 1. The zero-order valence-corrected chi connectivity index (χ0v) is 17.2. The number of hydrogen-bond donors (Lipinski definition) is 2. The standard InChI is InChI=1S/C22H27NO6/c1-12(2)14-8-13-9-19(29-7-5-6-27-3)18(28-4)11-15(13)20-16(14)10-17(22(25)26)21(24)23-20/h9-12,14H,5-8H2,1-4H3,(H,23,24)(H,25,26). The molecule has 0 amide bonds. The van der Waals surface area contributed by atoms with E-state index in [2.05, 4.69) is 18.8 Å². The maximum absolute atomic E-state index is 12.3. The first-order valence-electron chi connectivity index (χ1n) is 9.70. The van der Waals surface area contributed by atoms with Crippen molar-refractivity contribution in [3.05, 3.63) is 45.2 Å². The van der Waals surface area contributed by atoms with E-state index in [9.17, 15) is 14.7 Å². The largest absolute Gasteiger partial charge is 0.493 e. The van der Waals surface area contributed by atoms with Crippen molar-refractivity contribution in [1.29, 1.82) is 0 Å². The summed E-state index contributed by atoms with van der Waals surface area (Å²) in [5.41, 5.74) is 2.54. The Bertz CT molecular complexity index is 963. The highest BCUT2D eigenvalue weighted by atomic mass is 16.5. The van der Waals surface area contributed by atoms with E-state index in [0.29, 0.717) is 30.4 Å². The van der Waals surface area contributed by atoms with E-state index in [4.69, 9.17) is 14.2 Å². The number of pyridine rings is 1. The van der Waals surface area contributed by atoms with Gasteiger partial charge in [0.2, 0.25) is 0 Å². The van der Waals surface area contributed by atoms with Crippen molar-refractivity contribution in [3.8, 4) is 22.8 Å². The Hall–Kier alpha value is -2.80. The van der Waals surface area contributed by atoms with Crippen LogP contribution >= 0.6 is 0 Å². The van der Waals surface area contributed by atoms with Gasteiger partial charge in [-0.15, -0.1) is 0 Å². The van der Waals surface area contributed by atoms with Gasteiger partial charge in [-0.1, -0.05) is 13.8 Å². The predicted octanol–water partition coefficient (Wildman–Crippen LogP) is 3.46. The van der Waals surface area contributed by atoms with Crippen LogP contribution in [0, 0.1) is 5.92 Å². The van der Waals surface area contributed by atoms with E-state index in [-0.39, 0.29) is 17.4 Å². The van der Waals surface area contributed by atoms with Gasteiger partial charge < -0.3 is 24.3 Å². The number of nitrogens with one attached hydrogen (secondary N) is 1. The molecule has 1 atom stereocenters. The highest BCUT2D eigenvalue weighted by Gasteiger charge is 2.30. The summed E-state index contributed by atoms with van der Waals surface area (Å²) in [6, 6.07) is 5.33. The summed E-state index contributed by atoms with van der Waals surface area (Å²) in [6.45, 7) is 5.31. The molecular formula is C22H27NO6. The lowest BCUT2D eigenvalue weighted by molar-refractivity contribution is 0.0694. The molecule has 0 radical (unpaired) electrons. The number of H-pyrrole nitrogens is 1. The first-order chi connectivity index (χ1) is 13.9. The molecule has 2 N–H and O–H groups in total. The fourth-order valence-corrected chi connectivity index (χ4v) is 3.82. The molecule has 0 bridgehead atoms. The maximum Gasteiger partial charge on any atom is 0.341 e. The minimum Gasteiger partial charge on any atom is -0.493 e. The van der Waals surface area contributed by atoms with Crippen LogP contribution in [-0.2, 0) is 11.2 Å². The molecule has 1 aromatic carbocycles. The molecular weight excluding hydrogens is 374 g/mol. The fraction of sp³-hybridized carbons (Fsp3) is 0.455. The average Bonchev–Trinajstić information content (AvgIpc) is 2.69. The van der Waals surface area contributed by atoms with Crippen molar-refractivity contribution in [2.24, 2.45) is 5.92 Å². The van der Waals surface area contributed by atoms with Crippen molar-refractivity contribution in [1.82, 2.24) is 4.98 Å². The molecule has 2 aromatic rings. The number of benzene rings is 1. The predicted molar refractivity (Wildman–Crippen MR) is 109 cm³/mol. The van der Waals surface area contributed by atoms with E-state index in [0.717, 1.165) is 29.5 Å². The zero-order chi connectivity index (χ0) is 21.1. The molecule has 156 valence electrons. The minimum absolute atomic E-state index is 0.0854. The van der Waals surface area contributed by atoms with Crippen molar-refractivity contribution in [2.45, 2.75) is 32.6 Å². The van der Waals surface area contributed by atoms with Gasteiger partial charge in [0.15, 0.2) is 11.5 Å². The Morgan fingerprint density at radius 2 is 1.97 bits per heavy atom. The number of ether oxygens (including phenoxy) is 3. The summed E-state index contributed by atoms with van der Waals surface area (Å²) in [4.78, 5) is 26.6. The average molecular weight is 401 g/mol. The van der Waals surface area contributed by atoms with Gasteiger partial charge in [0.05, 0.1) is 19.4 Å². The SMILES string of the molecule is COCCCOc1cc2c(cc1OC)-c1[nH]c(=O)c(C(=O)O)cc1C(C(C)C)C2. The molecule has 0 saturated heterocycles. The van der Waals surface area contributed by atoms with Gasteiger partial charge in [0.1, 0.15) is 5.56 Å². The van der Waals surface area contributed by atoms with Crippen molar-refractivity contribution < 1.29 is 24.1 Å².